The zero-order valence-corrected chi connectivity index (χ0v) is 26.9. The van der Waals surface area contributed by atoms with E-state index in [-0.39, 0.29) is 11.2 Å². The highest BCUT2D eigenvalue weighted by Gasteiger charge is 2.45. The van der Waals surface area contributed by atoms with Gasteiger partial charge in [0.2, 0.25) is 0 Å². The van der Waals surface area contributed by atoms with Crippen LogP contribution in [-0.4, -0.2) is 58.9 Å². The summed E-state index contributed by atoms with van der Waals surface area (Å²) in [6.45, 7) is 7.70. The summed E-state index contributed by atoms with van der Waals surface area (Å²) in [6.07, 6.45) is -3.14. The molecule has 0 heterocycles. The summed E-state index contributed by atoms with van der Waals surface area (Å²) in [7, 11) is 0. The first-order chi connectivity index (χ1) is 20.7. The van der Waals surface area contributed by atoms with Crippen molar-refractivity contribution in [3.05, 3.63) is 108 Å². The second kappa shape index (κ2) is 17.1. The van der Waals surface area contributed by atoms with Crippen molar-refractivity contribution in [1.82, 2.24) is 0 Å². The maximum absolute atomic E-state index is 12.5. The summed E-state index contributed by atoms with van der Waals surface area (Å²) in [5.41, 5.74) is 1.46. The van der Waals surface area contributed by atoms with Crippen LogP contribution in [0.1, 0.15) is 51.3 Å². The van der Waals surface area contributed by atoms with Gasteiger partial charge in [-0.2, -0.15) is 0 Å². The SMILES string of the molecule is CCSC(SCC)C(OC(C)=O)C(OC(C)=O)C(COC(c1ccccc1)(c1ccccc1)c1ccccc1)OC(C)=O. The fourth-order valence-corrected chi connectivity index (χ4v) is 7.63. The first-order valence-corrected chi connectivity index (χ1v) is 16.4. The summed E-state index contributed by atoms with van der Waals surface area (Å²) in [4.78, 5) is 37.3. The van der Waals surface area contributed by atoms with Gasteiger partial charge in [-0.05, 0) is 28.2 Å². The van der Waals surface area contributed by atoms with Crippen molar-refractivity contribution < 1.29 is 33.3 Å². The minimum Gasteiger partial charge on any atom is -0.456 e. The van der Waals surface area contributed by atoms with Gasteiger partial charge in [0.25, 0.3) is 0 Å². The predicted molar refractivity (Wildman–Crippen MR) is 172 cm³/mol. The van der Waals surface area contributed by atoms with Gasteiger partial charge in [-0.3, -0.25) is 14.4 Å². The zero-order valence-electron chi connectivity index (χ0n) is 25.3. The summed E-state index contributed by atoms with van der Waals surface area (Å²) in [6, 6.07) is 29.3. The summed E-state index contributed by atoms with van der Waals surface area (Å²) < 4.78 is 24.1. The van der Waals surface area contributed by atoms with E-state index in [0.717, 1.165) is 28.2 Å². The first-order valence-electron chi connectivity index (χ1n) is 14.3. The van der Waals surface area contributed by atoms with Crippen LogP contribution in [-0.2, 0) is 38.9 Å². The van der Waals surface area contributed by atoms with Crippen LogP contribution in [0, 0.1) is 0 Å². The van der Waals surface area contributed by atoms with Crippen molar-refractivity contribution in [2.45, 2.75) is 63.1 Å². The molecule has 230 valence electrons. The van der Waals surface area contributed by atoms with Gasteiger partial charge >= 0.3 is 17.9 Å². The zero-order chi connectivity index (χ0) is 31.2. The van der Waals surface area contributed by atoms with Gasteiger partial charge in [0.15, 0.2) is 18.3 Å². The summed E-state index contributed by atoms with van der Waals surface area (Å²) >= 11 is 3.14. The van der Waals surface area contributed by atoms with E-state index in [0.29, 0.717) is 0 Å². The quantitative estimate of drug-likeness (QED) is 0.0755. The van der Waals surface area contributed by atoms with Crippen LogP contribution in [0.15, 0.2) is 91.0 Å². The number of rotatable bonds is 16. The van der Waals surface area contributed by atoms with Crippen molar-refractivity contribution >= 4 is 41.4 Å². The number of hydrogen-bond donors (Lipinski definition) is 0. The van der Waals surface area contributed by atoms with Crippen LogP contribution in [0.5, 0.6) is 0 Å². The van der Waals surface area contributed by atoms with Gasteiger partial charge in [-0.25, -0.2) is 0 Å². The largest absolute Gasteiger partial charge is 0.456 e. The fourth-order valence-electron chi connectivity index (χ4n) is 4.97. The van der Waals surface area contributed by atoms with E-state index in [1.165, 1.54) is 20.8 Å². The highest BCUT2D eigenvalue weighted by atomic mass is 32.2. The van der Waals surface area contributed by atoms with Gasteiger partial charge in [0.05, 0.1) is 11.2 Å². The molecule has 0 fully saturated rings. The second-order valence-electron chi connectivity index (χ2n) is 9.67. The van der Waals surface area contributed by atoms with E-state index in [4.69, 9.17) is 18.9 Å². The Bertz CT molecular complexity index is 1190. The van der Waals surface area contributed by atoms with Gasteiger partial charge in [0.1, 0.15) is 5.60 Å². The van der Waals surface area contributed by atoms with Crippen LogP contribution in [0.3, 0.4) is 0 Å². The van der Waals surface area contributed by atoms with Crippen LogP contribution in [0.25, 0.3) is 0 Å². The van der Waals surface area contributed by atoms with E-state index in [1.54, 1.807) is 23.5 Å². The van der Waals surface area contributed by atoms with Crippen molar-refractivity contribution in [1.29, 1.82) is 0 Å². The topological polar surface area (TPSA) is 88.1 Å². The smallest absolute Gasteiger partial charge is 0.303 e. The van der Waals surface area contributed by atoms with Gasteiger partial charge in [-0.1, -0.05) is 105 Å². The average Bonchev–Trinajstić information content (AvgIpc) is 3.00. The molecule has 0 aromatic heterocycles. The normalized spacial score (nSPS) is 13.5. The summed E-state index contributed by atoms with van der Waals surface area (Å²) in [5, 5.41) is 0. The van der Waals surface area contributed by atoms with E-state index >= 15 is 0 Å². The number of hydrogen-bond acceptors (Lipinski definition) is 9. The molecule has 0 bridgehead atoms. The number of ether oxygens (including phenoxy) is 4. The van der Waals surface area contributed by atoms with Crippen molar-refractivity contribution in [3.63, 3.8) is 0 Å². The monoisotopic (exact) mass is 624 g/mol. The molecule has 3 atom stereocenters. The van der Waals surface area contributed by atoms with Crippen LogP contribution >= 0.6 is 23.5 Å². The Labute approximate surface area is 263 Å². The number of benzene rings is 3. The van der Waals surface area contributed by atoms with E-state index < -0.39 is 41.8 Å². The molecule has 0 radical (unpaired) electrons. The Hall–Kier alpha value is -3.27. The molecule has 3 aromatic rings. The molecule has 43 heavy (non-hydrogen) atoms. The maximum atomic E-state index is 12.5. The lowest BCUT2D eigenvalue weighted by Crippen LogP contribution is -2.51. The Morgan fingerprint density at radius 3 is 1.33 bits per heavy atom. The molecule has 0 N–H and O–H groups in total. The minimum atomic E-state index is -1.13. The molecule has 0 spiro atoms. The van der Waals surface area contributed by atoms with Gasteiger partial charge in [-0.15, -0.1) is 23.5 Å². The Kier molecular flexibility index (Phi) is 13.6. The number of carbonyl (C=O) groups is 3. The molecule has 3 unspecified atom stereocenters. The third-order valence-electron chi connectivity index (χ3n) is 6.55. The number of carbonyl (C=O) groups excluding carboxylic acids is 3. The lowest BCUT2D eigenvalue weighted by molar-refractivity contribution is -0.189. The summed E-state index contributed by atoms with van der Waals surface area (Å²) in [5.74, 6) is -0.247. The Morgan fingerprint density at radius 1 is 0.605 bits per heavy atom. The van der Waals surface area contributed by atoms with Crippen LogP contribution < -0.4 is 0 Å². The highest BCUT2D eigenvalue weighted by Crippen LogP contribution is 2.41. The molecule has 0 saturated heterocycles. The molecule has 0 aliphatic carbocycles. The van der Waals surface area contributed by atoms with Gasteiger partial charge < -0.3 is 18.9 Å². The molecule has 0 amide bonds. The maximum Gasteiger partial charge on any atom is 0.303 e. The minimum absolute atomic E-state index is 0.172. The Balaban J connectivity index is 2.18. The number of thioether (sulfide) groups is 2. The predicted octanol–water partition coefficient (Wildman–Crippen LogP) is 6.62. The third-order valence-corrected chi connectivity index (χ3v) is 9.22. The number of esters is 3. The molecule has 3 rings (SSSR count). The molecule has 0 aliphatic heterocycles. The molecule has 9 heteroatoms. The molecule has 0 aliphatic rings. The van der Waals surface area contributed by atoms with E-state index in [1.807, 2.05) is 105 Å². The second-order valence-corrected chi connectivity index (χ2v) is 12.8. The van der Waals surface area contributed by atoms with Crippen molar-refractivity contribution in [2.24, 2.45) is 0 Å². The van der Waals surface area contributed by atoms with Crippen molar-refractivity contribution in [2.75, 3.05) is 18.1 Å². The van der Waals surface area contributed by atoms with Gasteiger partial charge in [0, 0.05) is 20.8 Å². The molecule has 3 aromatic carbocycles. The molecule has 7 nitrogen and oxygen atoms in total. The Morgan fingerprint density at radius 2 is 0.977 bits per heavy atom. The van der Waals surface area contributed by atoms with E-state index in [2.05, 4.69) is 0 Å². The highest BCUT2D eigenvalue weighted by molar-refractivity contribution is 8.17. The molecular weight excluding hydrogens is 585 g/mol. The average molecular weight is 625 g/mol. The van der Waals surface area contributed by atoms with Crippen molar-refractivity contribution in [3.8, 4) is 0 Å². The lowest BCUT2D eigenvalue weighted by atomic mass is 9.80. The van der Waals surface area contributed by atoms with Crippen LogP contribution in [0.2, 0.25) is 0 Å². The lowest BCUT2D eigenvalue weighted by Gasteiger charge is -2.39. The fraction of sp³-hybridized carbons (Fsp3) is 0.382. The third kappa shape index (κ3) is 9.36. The molecular formula is C34H40O7S2. The first kappa shape index (κ1) is 34.2. The van der Waals surface area contributed by atoms with E-state index in [9.17, 15) is 14.4 Å². The molecule has 0 saturated carbocycles. The standard InChI is InChI=1S/C34H40O7S2/c1-6-42-33(43-7-2)32(41-26(5)37)31(40-25(4)36)30(39-24(3)35)23-38-34(27-17-11-8-12-18-27,28-19-13-9-14-20-28)29-21-15-10-16-22-29/h8-22,30-33H,6-7,23H2,1-5H3. The van der Waals surface area contributed by atoms with Crippen LogP contribution in [0.4, 0.5) is 0 Å².